The molecule has 6 nitrogen and oxygen atoms in total. The summed E-state index contributed by atoms with van der Waals surface area (Å²) in [6.07, 6.45) is 0. The van der Waals surface area contributed by atoms with Gasteiger partial charge in [0.25, 0.3) is 0 Å². The maximum Gasteiger partial charge on any atom is 0.196 e. The lowest BCUT2D eigenvalue weighted by Gasteiger charge is -2.21. The highest BCUT2D eigenvalue weighted by Gasteiger charge is 2.35. The van der Waals surface area contributed by atoms with Crippen molar-refractivity contribution in [2.24, 2.45) is 0 Å². The molecule has 32 heavy (non-hydrogen) atoms. The van der Waals surface area contributed by atoms with E-state index in [9.17, 15) is 14.4 Å². The van der Waals surface area contributed by atoms with Crippen molar-refractivity contribution >= 4 is 39.6 Å². The van der Waals surface area contributed by atoms with Gasteiger partial charge >= 0.3 is 0 Å². The van der Waals surface area contributed by atoms with Crippen LogP contribution in [0.5, 0.6) is 0 Å². The highest BCUT2D eigenvalue weighted by molar-refractivity contribution is 6.28. The number of carbonyl (C=O) groups is 3. The predicted molar refractivity (Wildman–Crippen MR) is 121 cm³/mol. The maximum atomic E-state index is 13.6. The Kier molecular flexibility index (Phi) is 4.51. The van der Waals surface area contributed by atoms with Gasteiger partial charge in [-0.25, -0.2) is 0 Å². The summed E-state index contributed by atoms with van der Waals surface area (Å²) >= 11 is 0. The highest BCUT2D eigenvalue weighted by atomic mass is 16.5. The van der Waals surface area contributed by atoms with Gasteiger partial charge in [0, 0.05) is 22.4 Å². The minimum Gasteiger partial charge on any atom is -0.355 e. The molecule has 1 aromatic heterocycles. The van der Waals surface area contributed by atoms with Gasteiger partial charge in [-0.1, -0.05) is 41.6 Å². The summed E-state index contributed by atoms with van der Waals surface area (Å²) in [6.45, 7) is 4.74. The van der Waals surface area contributed by atoms with E-state index < -0.39 is 5.92 Å². The molecule has 0 saturated heterocycles. The van der Waals surface area contributed by atoms with Crippen LogP contribution in [0.4, 0.5) is 11.4 Å². The van der Waals surface area contributed by atoms with Crippen molar-refractivity contribution in [3.63, 3.8) is 0 Å². The molecule has 4 aromatic rings. The molecule has 0 bridgehead atoms. The van der Waals surface area contributed by atoms with Crippen molar-refractivity contribution in [1.82, 2.24) is 5.16 Å². The summed E-state index contributed by atoms with van der Waals surface area (Å²) in [6, 6.07) is 16.6. The van der Waals surface area contributed by atoms with Crippen LogP contribution in [0, 0.1) is 6.92 Å². The minimum absolute atomic E-state index is 0.162. The van der Waals surface area contributed by atoms with Gasteiger partial charge in [0.05, 0.1) is 16.6 Å². The van der Waals surface area contributed by atoms with Crippen LogP contribution < -0.4 is 5.32 Å². The van der Waals surface area contributed by atoms with Crippen LogP contribution in [0.3, 0.4) is 0 Å². The second-order valence-corrected chi connectivity index (χ2v) is 8.15. The molecule has 3 aromatic carbocycles. The smallest absolute Gasteiger partial charge is 0.196 e. The van der Waals surface area contributed by atoms with Crippen molar-refractivity contribution in [1.29, 1.82) is 0 Å². The van der Waals surface area contributed by atoms with E-state index in [1.807, 2.05) is 43.3 Å². The van der Waals surface area contributed by atoms with Gasteiger partial charge in [-0.05, 0) is 44.5 Å². The SMILES string of the molecule is CC(=O)C(C(C)=O)c1cc(Nc2cccc(C)c2)c2c3c(onc13)-c1ccccc1C2=O. The topological polar surface area (TPSA) is 89.3 Å². The average molecular weight is 424 g/mol. The molecule has 0 unspecified atom stereocenters. The molecule has 1 aliphatic carbocycles. The lowest BCUT2D eigenvalue weighted by molar-refractivity contribution is -0.126. The van der Waals surface area contributed by atoms with E-state index in [1.54, 1.807) is 18.2 Å². The van der Waals surface area contributed by atoms with E-state index in [4.69, 9.17) is 4.52 Å². The van der Waals surface area contributed by atoms with Crippen LogP contribution in [0.15, 0.2) is 59.1 Å². The molecule has 0 radical (unpaired) electrons. The molecular weight excluding hydrogens is 404 g/mol. The second-order valence-electron chi connectivity index (χ2n) is 8.15. The Balaban J connectivity index is 1.85. The predicted octanol–water partition coefficient (Wildman–Crippen LogP) is 5.35. The zero-order valence-corrected chi connectivity index (χ0v) is 17.9. The largest absolute Gasteiger partial charge is 0.355 e. The monoisotopic (exact) mass is 424 g/mol. The molecular formula is C26H20N2O4. The fourth-order valence-electron chi connectivity index (χ4n) is 4.50. The van der Waals surface area contributed by atoms with E-state index in [0.717, 1.165) is 11.3 Å². The first-order valence-electron chi connectivity index (χ1n) is 10.3. The first-order chi connectivity index (χ1) is 15.4. The third-order valence-corrected chi connectivity index (χ3v) is 5.85. The molecule has 0 saturated carbocycles. The summed E-state index contributed by atoms with van der Waals surface area (Å²) in [5.41, 5.74) is 4.74. The Morgan fingerprint density at radius 1 is 0.969 bits per heavy atom. The van der Waals surface area contributed by atoms with Crippen molar-refractivity contribution in [3.8, 4) is 11.3 Å². The number of rotatable bonds is 5. The van der Waals surface area contributed by atoms with Crippen molar-refractivity contribution in [2.45, 2.75) is 26.7 Å². The lowest BCUT2D eigenvalue weighted by atomic mass is 9.82. The summed E-state index contributed by atoms with van der Waals surface area (Å²) < 4.78 is 5.69. The minimum atomic E-state index is -0.993. The molecule has 0 spiro atoms. The first-order valence-corrected chi connectivity index (χ1v) is 10.3. The number of aryl methyl sites for hydroxylation is 1. The van der Waals surface area contributed by atoms with Crippen LogP contribution in [0.25, 0.3) is 22.2 Å². The van der Waals surface area contributed by atoms with Crippen LogP contribution in [-0.2, 0) is 9.59 Å². The van der Waals surface area contributed by atoms with E-state index in [1.165, 1.54) is 13.8 Å². The Bertz CT molecular complexity index is 1430. The van der Waals surface area contributed by atoms with Gasteiger partial charge in [0.1, 0.15) is 23.0 Å². The Morgan fingerprint density at radius 2 is 1.69 bits per heavy atom. The fraction of sp³-hybridized carbons (Fsp3) is 0.154. The zero-order chi connectivity index (χ0) is 22.6. The Labute approximate surface area is 184 Å². The summed E-state index contributed by atoms with van der Waals surface area (Å²) in [5, 5.41) is 8.06. The number of anilines is 2. The van der Waals surface area contributed by atoms with E-state index in [0.29, 0.717) is 44.6 Å². The number of fused-ring (bicyclic) bond motifs is 2. The molecule has 158 valence electrons. The van der Waals surface area contributed by atoms with Gasteiger partial charge in [-0.3, -0.25) is 14.4 Å². The number of Topliss-reactive ketones (excluding diaryl/α,β-unsaturated/α-hetero) is 2. The van der Waals surface area contributed by atoms with Gasteiger partial charge in [0.2, 0.25) is 0 Å². The average Bonchev–Trinajstić information content (AvgIpc) is 3.18. The Hall–Kier alpha value is -4.06. The third kappa shape index (κ3) is 2.95. The molecule has 5 rings (SSSR count). The number of hydrogen-bond acceptors (Lipinski definition) is 6. The summed E-state index contributed by atoms with van der Waals surface area (Å²) in [4.78, 5) is 38.4. The number of benzene rings is 3. The number of nitrogens with one attached hydrogen (secondary N) is 1. The molecule has 1 aliphatic rings. The highest BCUT2D eigenvalue weighted by Crippen LogP contribution is 2.45. The molecule has 0 amide bonds. The first kappa shape index (κ1) is 19.9. The number of hydrogen-bond donors (Lipinski definition) is 1. The molecule has 1 heterocycles. The van der Waals surface area contributed by atoms with E-state index >= 15 is 0 Å². The van der Waals surface area contributed by atoms with Crippen molar-refractivity contribution < 1.29 is 18.9 Å². The van der Waals surface area contributed by atoms with Gasteiger partial charge < -0.3 is 9.84 Å². The van der Waals surface area contributed by atoms with E-state index in [-0.39, 0.29) is 17.3 Å². The number of aromatic nitrogens is 1. The molecule has 0 fully saturated rings. The maximum absolute atomic E-state index is 13.6. The van der Waals surface area contributed by atoms with Gasteiger partial charge in [-0.2, -0.15) is 0 Å². The van der Waals surface area contributed by atoms with Crippen LogP contribution in [0.1, 0.15) is 46.8 Å². The third-order valence-electron chi connectivity index (χ3n) is 5.85. The van der Waals surface area contributed by atoms with Crippen molar-refractivity contribution in [2.75, 3.05) is 5.32 Å². The van der Waals surface area contributed by atoms with Crippen LogP contribution >= 0.6 is 0 Å². The summed E-state index contributed by atoms with van der Waals surface area (Å²) in [5.74, 6) is -1.27. The molecule has 6 heteroatoms. The van der Waals surface area contributed by atoms with Crippen LogP contribution in [-0.4, -0.2) is 22.5 Å². The fourth-order valence-corrected chi connectivity index (χ4v) is 4.50. The molecule has 0 aliphatic heterocycles. The standard InChI is InChI=1S/C26H20N2O4/c1-13-7-6-8-16(11-13)27-20-12-19(21(14(2)29)15(3)30)24-23-22(20)25(31)17-9-4-5-10-18(17)26(23)32-28-24/h4-12,21,27H,1-3H3. The lowest BCUT2D eigenvalue weighted by Crippen LogP contribution is -2.19. The van der Waals surface area contributed by atoms with Gasteiger partial charge in [-0.15, -0.1) is 0 Å². The molecule has 1 N–H and O–H groups in total. The summed E-state index contributed by atoms with van der Waals surface area (Å²) in [7, 11) is 0. The van der Waals surface area contributed by atoms with Crippen LogP contribution in [0.2, 0.25) is 0 Å². The van der Waals surface area contributed by atoms with E-state index in [2.05, 4.69) is 10.5 Å². The van der Waals surface area contributed by atoms with Gasteiger partial charge in [0.15, 0.2) is 11.5 Å². The second kappa shape index (κ2) is 7.27. The Morgan fingerprint density at radius 3 is 2.38 bits per heavy atom. The number of nitrogens with zero attached hydrogens (tertiary/aromatic N) is 1. The van der Waals surface area contributed by atoms with Crippen molar-refractivity contribution in [3.05, 3.63) is 76.9 Å². The zero-order valence-electron chi connectivity index (χ0n) is 17.9. The number of ketones is 3. The quantitative estimate of drug-likeness (QED) is 0.383. The normalized spacial score (nSPS) is 12.2. The molecule has 0 atom stereocenters. The number of carbonyl (C=O) groups excluding carboxylic acids is 3.